The largest absolute Gasteiger partial charge is 0.463 e. The minimum absolute atomic E-state index is 0.0358. The Kier molecular flexibility index (Phi) is 5.12. The molecule has 0 heterocycles. The minimum Gasteiger partial charge on any atom is -0.463 e. The van der Waals surface area contributed by atoms with Crippen LogP contribution in [-0.4, -0.2) is 24.6 Å². The zero-order valence-electron chi connectivity index (χ0n) is 14.5. The van der Waals surface area contributed by atoms with Gasteiger partial charge in [0.15, 0.2) is 0 Å². The van der Waals surface area contributed by atoms with Gasteiger partial charge in [0.25, 0.3) is 0 Å². The highest BCUT2D eigenvalue weighted by atomic mass is 16.5. The third-order valence-electron chi connectivity index (χ3n) is 6.68. The summed E-state index contributed by atoms with van der Waals surface area (Å²) in [5, 5.41) is 0. The predicted molar refractivity (Wildman–Crippen MR) is 90.9 cm³/mol. The van der Waals surface area contributed by atoms with E-state index in [1.54, 1.807) is 0 Å². The van der Waals surface area contributed by atoms with E-state index in [-0.39, 0.29) is 18.0 Å². The van der Waals surface area contributed by atoms with Crippen molar-refractivity contribution in [2.24, 2.45) is 35.5 Å². The van der Waals surface area contributed by atoms with Crippen molar-refractivity contribution in [3.05, 3.63) is 25.3 Å². The molecule has 3 rings (SSSR count). The van der Waals surface area contributed by atoms with Gasteiger partial charge in [0.05, 0.1) is 6.61 Å². The Balaban J connectivity index is 1.59. The van der Waals surface area contributed by atoms with E-state index in [0.717, 1.165) is 18.3 Å². The SMILES string of the molecule is C=CC(=O)OCCC1CCC2C3CC(C(C)OC(=O)C=C)C(C3)C12. The van der Waals surface area contributed by atoms with Crippen LogP contribution in [0.15, 0.2) is 25.3 Å². The van der Waals surface area contributed by atoms with Crippen LogP contribution in [-0.2, 0) is 19.1 Å². The lowest BCUT2D eigenvalue weighted by Gasteiger charge is -2.37. The fraction of sp³-hybridized carbons (Fsp3) is 0.700. The molecule has 7 unspecified atom stereocenters. The van der Waals surface area contributed by atoms with Crippen molar-refractivity contribution in [2.75, 3.05) is 6.61 Å². The molecule has 0 N–H and O–H groups in total. The second-order valence-corrected chi connectivity index (χ2v) is 7.64. The number of esters is 2. The molecule has 132 valence electrons. The Morgan fingerprint density at radius 2 is 1.88 bits per heavy atom. The fourth-order valence-electron chi connectivity index (χ4n) is 5.86. The lowest BCUT2D eigenvalue weighted by Crippen LogP contribution is -2.35. The first-order valence-corrected chi connectivity index (χ1v) is 9.17. The molecule has 7 atom stereocenters. The van der Waals surface area contributed by atoms with E-state index >= 15 is 0 Å². The number of ether oxygens (including phenoxy) is 2. The summed E-state index contributed by atoms with van der Waals surface area (Å²) in [7, 11) is 0. The van der Waals surface area contributed by atoms with Crippen LogP contribution in [0.2, 0.25) is 0 Å². The zero-order valence-corrected chi connectivity index (χ0v) is 14.5. The molecule has 3 aliphatic carbocycles. The van der Waals surface area contributed by atoms with E-state index in [1.807, 2.05) is 6.92 Å². The number of carbonyl (C=O) groups is 2. The van der Waals surface area contributed by atoms with E-state index in [4.69, 9.17) is 9.47 Å². The maximum Gasteiger partial charge on any atom is 0.330 e. The van der Waals surface area contributed by atoms with Crippen molar-refractivity contribution in [3.8, 4) is 0 Å². The lowest BCUT2D eigenvalue weighted by atomic mass is 9.70. The van der Waals surface area contributed by atoms with Crippen molar-refractivity contribution in [1.29, 1.82) is 0 Å². The Morgan fingerprint density at radius 3 is 2.58 bits per heavy atom. The molecule has 4 nitrogen and oxygen atoms in total. The van der Waals surface area contributed by atoms with Gasteiger partial charge in [-0.3, -0.25) is 0 Å². The molecule has 0 aliphatic heterocycles. The molecule has 0 radical (unpaired) electrons. The van der Waals surface area contributed by atoms with Gasteiger partial charge in [-0.05, 0) is 74.5 Å². The highest BCUT2D eigenvalue weighted by molar-refractivity contribution is 5.81. The van der Waals surface area contributed by atoms with Crippen molar-refractivity contribution < 1.29 is 19.1 Å². The molecule has 3 fully saturated rings. The molecule has 0 amide bonds. The van der Waals surface area contributed by atoms with Crippen LogP contribution in [0.3, 0.4) is 0 Å². The number of carbonyl (C=O) groups excluding carboxylic acids is 2. The van der Waals surface area contributed by atoms with E-state index in [1.165, 1.54) is 37.8 Å². The Morgan fingerprint density at radius 1 is 1.12 bits per heavy atom. The molecule has 0 aromatic rings. The number of hydrogen-bond acceptors (Lipinski definition) is 4. The first kappa shape index (κ1) is 17.2. The summed E-state index contributed by atoms with van der Waals surface area (Å²) in [5.41, 5.74) is 0. The molecule has 0 saturated heterocycles. The summed E-state index contributed by atoms with van der Waals surface area (Å²) >= 11 is 0. The van der Waals surface area contributed by atoms with E-state index in [0.29, 0.717) is 30.3 Å². The molecular formula is C20H28O4. The molecule has 2 bridgehead atoms. The second kappa shape index (κ2) is 7.12. The van der Waals surface area contributed by atoms with Gasteiger partial charge in [0.2, 0.25) is 0 Å². The summed E-state index contributed by atoms with van der Waals surface area (Å²) in [5.74, 6) is 3.42. The van der Waals surface area contributed by atoms with E-state index in [9.17, 15) is 9.59 Å². The second-order valence-electron chi connectivity index (χ2n) is 7.64. The quantitative estimate of drug-likeness (QED) is 0.529. The summed E-state index contributed by atoms with van der Waals surface area (Å²) < 4.78 is 10.7. The summed E-state index contributed by atoms with van der Waals surface area (Å²) in [4.78, 5) is 22.7. The van der Waals surface area contributed by atoms with Gasteiger partial charge in [0, 0.05) is 12.2 Å². The highest BCUT2D eigenvalue weighted by Gasteiger charge is 2.58. The molecule has 3 aliphatic rings. The monoisotopic (exact) mass is 332 g/mol. The third kappa shape index (κ3) is 3.15. The van der Waals surface area contributed by atoms with Crippen LogP contribution in [0.5, 0.6) is 0 Å². The summed E-state index contributed by atoms with van der Waals surface area (Å²) in [6, 6.07) is 0. The number of hydrogen-bond donors (Lipinski definition) is 0. The van der Waals surface area contributed by atoms with Crippen LogP contribution in [0.4, 0.5) is 0 Å². The van der Waals surface area contributed by atoms with Crippen LogP contribution in [0.1, 0.15) is 39.0 Å². The lowest BCUT2D eigenvalue weighted by molar-refractivity contribution is -0.146. The van der Waals surface area contributed by atoms with Gasteiger partial charge in [-0.15, -0.1) is 0 Å². The third-order valence-corrected chi connectivity index (χ3v) is 6.68. The molecular weight excluding hydrogens is 304 g/mol. The van der Waals surface area contributed by atoms with Gasteiger partial charge in [0.1, 0.15) is 6.10 Å². The molecule has 4 heteroatoms. The van der Waals surface area contributed by atoms with Gasteiger partial charge in [-0.25, -0.2) is 9.59 Å². The Labute approximate surface area is 144 Å². The summed E-state index contributed by atoms with van der Waals surface area (Å²) in [6.45, 7) is 9.43. The smallest absolute Gasteiger partial charge is 0.330 e. The highest BCUT2D eigenvalue weighted by Crippen LogP contribution is 2.64. The predicted octanol–water partition coefficient (Wildman–Crippen LogP) is 3.52. The first-order chi connectivity index (χ1) is 11.5. The number of rotatable bonds is 7. The molecule has 0 aromatic heterocycles. The Hall–Kier alpha value is -1.58. The van der Waals surface area contributed by atoms with E-state index < -0.39 is 0 Å². The van der Waals surface area contributed by atoms with Crippen LogP contribution < -0.4 is 0 Å². The van der Waals surface area contributed by atoms with Gasteiger partial charge >= 0.3 is 11.9 Å². The van der Waals surface area contributed by atoms with Gasteiger partial charge in [-0.1, -0.05) is 13.2 Å². The maximum atomic E-state index is 11.5. The topological polar surface area (TPSA) is 52.6 Å². The van der Waals surface area contributed by atoms with Crippen molar-refractivity contribution >= 4 is 11.9 Å². The molecule has 3 saturated carbocycles. The van der Waals surface area contributed by atoms with Gasteiger partial charge in [-0.2, -0.15) is 0 Å². The zero-order chi connectivity index (χ0) is 17.3. The van der Waals surface area contributed by atoms with Gasteiger partial charge < -0.3 is 9.47 Å². The van der Waals surface area contributed by atoms with Crippen molar-refractivity contribution in [3.63, 3.8) is 0 Å². The Bertz CT molecular complexity index is 526. The first-order valence-electron chi connectivity index (χ1n) is 9.17. The van der Waals surface area contributed by atoms with Crippen molar-refractivity contribution in [1.82, 2.24) is 0 Å². The molecule has 0 aromatic carbocycles. The standard InChI is InChI=1S/C20H28O4/c1-4-18(21)23-9-8-13-6-7-15-14-10-16(17(11-14)20(13)15)12(3)24-19(22)5-2/h4-5,12-17,20H,1-2,6-11H2,3H3. The van der Waals surface area contributed by atoms with E-state index in [2.05, 4.69) is 13.2 Å². The normalized spacial score (nSPS) is 37.5. The van der Waals surface area contributed by atoms with Crippen LogP contribution >= 0.6 is 0 Å². The minimum atomic E-state index is -0.333. The molecule has 0 spiro atoms. The van der Waals surface area contributed by atoms with Crippen molar-refractivity contribution in [2.45, 2.75) is 45.1 Å². The molecule has 24 heavy (non-hydrogen) atoms. The maximum absolute atomic E-state index is 11.5. The fourth-order valence-corrected chi connectivity index (χ4v) is 5.86. The average molecular weight is 332 g/mol. The van der Waals surface area contributed by atoms with Crippen LogP contribution in [0, 0.1) is 35.5 Å². The van der Waals surface area contributed by atoms with Crippen LogP contribution in [0.25, 0.3) is 0 Å². The summed E-state index contributed by atoms with van der Waals surface area (Å²) in [6.07, 6.45) is 8.39. The average Bonchev–Trinajstić information content (AvgIpc) is 3.26. The number of fused-ring (bicyclic) bond motifs is 5.